The molecule has 0 aromatic carbocycles. The monoisotopic (exact) mass is 231 g/mol. The highest BCUT2D eigenvalue weighted by atomic mass is 32.1. The Kier molecular flexibility index (Phi) is 2.96. The van der Waals surface area contributed by atoms with E-state index in [0.717, 1.165) is 18.6 Å². The maximum Gasteiger partial charge on any atom is 0.223 e. The van der Waals surface area contributed by atoms with Gasteiger partial charge in [-0.3, -0.25) is 4.79 Å². The lowest BCUT2D eigenvalue weighted by Crippen LogP contribution is -2.32. The Morgan fingerprint density at radius 3 is 2.27 bits per heavy atom. The Hall–Kier alpha value is -0.260. The van der Waals surface area contributed by atoms with Gasteiger partial charge in [-0.05, 0) is 24.0 Å². The normalized spacial score (nSPS) is 33.1. The molecule has 2 fully saturated rings. The van der Waals surface area contributed by atoms with E-state index in [1.807, 2.05) is 0 Å². The molecule has 0 aromatic heterocycles. The molecule has 1 aliphatic heterocycles. The number of hydrogen-bond donors (Lipinski definition) is 3. The standard InChI is InChI=1S/C10H17NO3S/c12-7-4-11(5-8(7)13)9(14)3-10(6-15)1-2-10/h7-8,12-13,15H,1-6H2. The summed E-state index contributed by atoms with van der Waals surface area (Å²) in [7, 11) is 0. The van der Waals surface area contributed by atoms with Crippen molar-refractivity contribution in [2.75, 3.05) is 18.8 Å². The van der Waals surface area contributed by atoms with Gasteiger partial charge in [0.25, 0.3) is 0 Å². The maximum atomic E-state index is 11.8. The van der Waals surface area contributed by atoms with Crippen molar-refractivity contribution < 1.29 is 15.0 Å². The lowest BCUT2D eigenvalue weighted by molar-refractivity contribution is -0.131. The van der Waals surface area contributed by atoms with E-state index >= 15 is 0 Å². The summed E-state index contributed by atoms with van der Waals surface area (Å²) < 4.78 is 0. The first-order valence-corrected chi connectivity index (χ1v) is 5.94. The minimum absolute atomic E-state index is 0.0390. The van der Waals surface area contributed by atoms with Crippen LogP contribution in [0.2, 0.25) is 0 Å². The van der Waals surface area contributed by atoms with Crippen molar-refractivity contribution in [2.45, 2.75) is 31.5 Å². The van der Waals surface area contributed by atoms with Gasteiger partial charge in [-0.1, -0.05) is 0 Å². The second-order valence-corrected chi connectivity index (χ2v) is 5.08. The number of aliphatic hydroxyl groups is 2. The first-order valence-electron chi connectivity index (χ1n) is 5.31. The van der Waals surface area contributed by atoms with Crippen LogP contribution in [0.4, 0.5) is 0 Å². The third-order valence-corrected chi connectivity index (χ3v) is 4.10. The molecule has 1 aliphatic carbocycles. The van der Waals surface area contributed by atoms with Crippen LogP contribution in [0.1, 0.15) is 19.3 Å². The molecule has 2 unspecified atom stereocenters. The van der Waals surface area contributed by atoms with Crippen molar-refractivity contribution in [2.24, 2.45) is 5.41 Å². The molecule has 1 heterocycles. The number of aliphatic hydroxyl groups excluding tert-OH is 2. The lowest BCUT2D eigenvalue weighted by atomic mass is 10.0. The van der Waals surface area contributed by atoms with E-state index in [4.69, 9.17) is 0 Å². The van der Waals surface area contributed by atoms with Gasteiger partial charge >= 0.3 is 0 Å². The van der Waals surface area contributed by atoms with Crippen LogP contribution in [0.15, 0.2) is 0 Å². The first kappa shape index (κ1) is 11.2. The Morgan fingerprint density at radius 2 is 1.87 bits per heavy atom. The largest absolute Gasteiger partial charge is 0.388 e. The zero-order valence-electron chi connectivity index (χ0n) is 8.59. The molecule has 0 radical (unpaired) electrons. The number of likely N-dealkylation sites (tertiary alicyclic amines) is 1. The van der Waals surface area contributed by atoms with Gasteiger partial charge in [-0.25, -0.2) is 0 Å². The van der Waals surface area contributed by atoms with Crippen molar-refractivity contribution in [1.82, 2.24) is 4.90 Å². The number of hydrogen-bond acceptors (Lipinski definition) is 4. The average Bonchev–Trinajstić information content (AvgIpc) is 2.89. The summed E-state index contributed by atoms with van der Waals surface area (Å²) in [6, 6.07) is 0. The van der Waals surface area contributed by atoms with Gasteiger partial charge in [0.15, 0.2) is 0 Å². The fourth-order valence-corrected chi connectivity index (χ4v) is 2.40. The molecular weight excluding hydrogens is 214 g/mol. The molecule has 2 atom stereocenters. The molecule has 1 saturated heterocycles. The Morgan fingerprint density at radius 1 is 1.33 bits per heavy atom. The van der Waals surface area contributed by atoms with E-state index in [1.165, 1.54) is 0 Å². The maximum absolute atomic E-state index is 11.8. The fraction of sp³-hybridized carbons (Fsp3) is 0.900. The van der Waals surface area contributed by atoms with Gasteiger partial charge < -0.3 is 15.1 Å². The number of rotatable bonds is 3. The number of nitrogens with zero attached hydrogens (tertiary/aromatic N) is 1. The van der Waals surface area contributed by atoms with E-state index in [-0.39, 0.29) is 24.4 Å². The predicted octanol–water partition coefficient (Wildman–Crippen LogP) is -0.349. The second-order valence-electron chi connectivity index (χ2n) is 4.77. The molecule has 1 amide bonds. The van der Waals surface area contributed by atoms with E-state index in [2.05, 4.69) is 12.6 Å². The van der Waals surface area contributed by atoms with Crippen LogP contribution in [0, 0.1) is 5.41 Å². The van der Waals surface area contributed by atoms with Gasteiger partial charge in [0.2, 0.25) is 5.91 Å². The third-order valence-electron chi connectivity index (χ3n) is 3.43. The number of amides is 1. The van der Waals surface area contributed by atoms with Crippen LogP contribution in [0.5, 0.6) is 0 Å². The van der Waals surface area contributed by atoms with Crippen LogP contribution in [-0.4, -0.2) is 52.1 Å². The smallest absolute Gasteiger partial charge is 0.223 e. The molecule has 0 spiro atoms. The highest BCUT2D eigenvalue weighted by Crippen LogP contribution is 2.49. The SMILES string of the molecule is O=C(CC1(CS)CC1)N1CC(O)C(O)C1. The number of carbonyl (C=O) groups is 1. The minimum Gasteiger partial charge on any atom is -0.388 e. The van der Waals surface area contributed by atoms with Crippen LogP contribution in [0.3, 0.4) is 0 Å². The van der Waals surface area contributed by atoms with Gasteiger partial charge in [0, 0.05) is 19.5 Å². The molecule has 2 rings (SSSR count). The van der Waals surface area contributed by atoms with E-state index in [9.17, 15) is 15.0 Å². The molecular formula is C10H17NO3S. The van der Waals surface area contributed by atoms with E-state index < -0.39 is 12.2 Å². The van der Waals surface area contributed by atoms with Gasteiger partial charge in [0.05, 0.1) is 12.2 Å². The molecule has 0 bridgehead atoms. The van der Waals surface area contributed by atoms with Crippen LogP contribution >= 0.6 is 12.6 Å². The predicted molar refractivity (Wildman–Crippen MR) is 58.7 cm³/mol. The molecule has 5 heteroatoms. The number of carbonyl (C=O) groups excluding carboxylic acids is 1. The summed E-state index contributed by atoms with van der Waals surface area (Å²) in [5.41, 5.74) is 0.110. The summed E-state index contributed by atoms with van der Waals surface area (Å²) in [5, 5.41) is 18.7. The summed E-state index contributed by atoms with van der Waals surface area (Å²) >= 11 is 4.25. The highest BCUT2D eigenvalue weighted by Gasteiger charge is 2.45. The summed E-state index contributed by atoms with van der Waals surface area (Å²) in [6.45, 7) is 0.533. The van der Waals surface area contributed by atoms with Gasteiger partial charge in [-0.15, -0.1) is 0 Å². The molecule has 2 aliphatic rings. The summed E-state index contributed by atoms with van der Waals surface area (Å²) in [4.78, 5) is 13.4. The Labute approximate surface area is 94.7 Å². The van der Waals surface area contributed by atoms with Crippen molar-refractivity contribution in [3.05, 3.63) is 0 Å². The van der Waals surface area contributed by atoms with E-state index in [1.54, 1.807) is 4.90 Å². The van der Waals surface area contributed by atoms with E-state index in [0.29, 0.717) is 6.42 Å². The fourth-order valence-electron chi connectivity index (χ4n) is 1.97. The molecule has 0 aromatic rings. The van der Waals surface area contributed by atoms with Crippen molar-refractivity contribution in [1.29, 1.82) is 0 Å². The Balaban J connectivity index is 1.87. The molecule has 4 nitrogen and oxygen atoms in total. The topological polar surface area (TPSA) is 60.8 Å². The Bertz CT molecular complexity index is 257. The number of thiol groups is 1. The van der Waals surface area contributed by atoms with Gasteiger partial charge in [-0.2, -0.15) is 12.6 Å². The van der Waals surface area contributed by atoms with Crippen molar-refractivity contribution in [3.8, 4) is 0 Å². The zero-order chi connectivity index (χ0) is 11.1. The number of β-amino-alcohol motifs (C(OH)–C–C–N with tert-alkyl or cyclic N) is 2. The second kappa shape index (κ2) is 3.96. The third kappa shape index (κ3) is 2.29. The average molecular weight is 231 g/mol. The molecule has 1 saturated carbocycles. The van der Waals surface area contributed by atoms with Gasteiger partial charge in [0.1, 0.15) is 0 Å². The molecule has 15 heavy (non-hydrogen) atoms. The molecule has 2 N–H and O–H groups in total. The summed E-state index contributed by atoms with van der Waals surface area (Å²) in [5.74, 6) is 0.787. The molecule has 86 valence electrons. The lowest BCUT2D eigenvalue weighted by Gasteiger charge is -2.18. The van der Waals surface area contributed by atoms with Crippen LogP contribution in [-0.2, 0) is 4.79 Å². The summed E-state index contributed by atoms with van der Waals surface area (Å²) in [6.07, 6.45) is 1.10. The zero-order valence-corrected chi connectivity index (χ0v) is 9.49. The van der Waals surface area contributed by atoms with Crippen molar-refractivity contribution in [3.63, 3.8) is 0 Å². The van der Waals surface area contributed by atoms with Crippen molar-refractivity contribution >= 4 is 18.5 Å². The highest BCUT2D eigenvalue weighted by molar-refractivity contribution is 7.80. The first-order chi connectivity index (χ1) is 7.06. The minimum atomic E-state index is -0.778. The van der Waals surface area contributed by atoms with Crippen LogP contribution < -0.4 is 0 Å². The van der Waals surface area contributed by atoms with Crippen LogP contribution in [0.25, 0.3) is 0 Å². The quantitative estimate of drug-likeness (QED) is 0.582.